The molecule has 0 rings (SSSR count). The van der Waals surface area contributed by atoms with E-state index >= 15 is 0 Å². The SMILES string of the molecule is CC(C)CC(C)C.CC(C)CCC(C)C.CC(C)CCCC(C)C. The van der Waals surface area contributed by atoms with Gasteiger partial charge in [0.25, 0.3) is 0 Å². The number of rotatable bonds is 9. The first kappa shape index (κ1) is 28.8. The molecule has 0 saturated heterocycles. The molecule has 0 nitrogen and oxygen atoms in total. The van der Waals surface area contributed by atoms with Gasteiger partial charge in [0.05, 0.1) is 0 Å². The van der Waals surface area contributed by atoms with Crippen molar-refractivity contribution in [2.24, 2.45) is 35.5 Å². The van der Waals surface area contributed by atoms with Crippen LogP contribution in [0, 0.1) is 35.5 Å². The lowest BCUT2D eigenvalue weighted by atomic mass is 10.0. The zero-order valence-electron chi connectivity index (χ0n) is 19.7. The van der Waals surface area contributed by atoms with Gasteiger partial charge in [0.15, 0.2) is 0 Å². The van der Waals surface area contributed by atoms with E-state index in [1.165, 1.54) is 38.5 Å². The van der Waals surface area contributed by atoms with Crippen molar-refractivity contribution in [1.29, 1.82) is 0 Å². The summed E-state index contributed by atoms with van der Waals surface area (Å²) in [6, 6.07) is 0. The van der Waals surface area contributed by atoms with Crippen molar-refractivity contribution in [2.75, 3.05) is 0 Å². The molecule has 0 aromatic carbocycles. The van der Waals surface area contributed by atoms with E-state index in [0.29, 0.717) is 0 Å². The highest BCUT2D eigenvalue weighted by atomic mass is 14.0. The molecule has 0 saturated carbocycles. The second-order valence-corrected chi connectivity index (χ2v) is 10.1. The molecule has 0 aliphatic rings. The van der Waals surface area contributed by atoms with E-state index in [2.05, 4.69) is 83.1 Å². The van der Waals surface area contributed by atoms with Crippen molar-refractivity contribution >= 4 is 0 Å². The average Bonchev–Trinajstić information content (AvgIpc) is 2.35. The first-order valence-corrected chi connectivity index (χ1v) is 10.9. The van der Waals surface area contributed by atoms with Crippen molar-refractivity contribution in [3.05, 3.63) is 0 Å². The summed E-state index contributed by atoms with van der Waals surface area (Å²) >= 11 is 0. The standard InChI is InChI=1S/C9H20.C8H18.C7H16/c1-8(2)6-5-7-9(3)4;1-7(2)5-6-8(3)4;1-6(2)5-7(3)4/h8-9H,5-7H2,1-4H3;7-8H,5-6H2,1-4H3;6-7H,5H2,1-4H3. The third kappa shape index (κ3) is 43.1. The fraction of sp³-hybridized carbons (Fsp3) is 1.00. The Bertz CT molecular complexity index is 186. The topological polar surface area (TPSA) is 0 Å². The third-order valence-corrected chi connectivity index (χ3v) is 3.83. The van der Waals surface area contributed by atoms with Crippen molar-refractivity contribution in [3.8, 4) is 0 Å². The van der Waals surface area contributed by atoms with Crippen molar-refractivity contribution < 1.29 is 0 Å². The predicted molar refractivity (Wildman–Crippen MR) is 117 cm³/mol. The number of hydrogen-bond donors (Lipinski definition) is 0. The lowest BCUT2D eigenvalue weighted by molar-refractivity contribution is 0.469. The van der Waals surface area contributed by atoms with Crippen molar-refractivity contribution in [2.45, 2.75) is 122 Å². The fourth-order valence-corrected chi connectivity index (χ4v) is 2.54. The molecule has 150 valence electrons. The Morgan fingerprint density at radius 3 is 0.708 bits per heavy atom. The molecule has 0 aliphatic carbocycles. The van der Waals surface area contributed by atoms with Crippen LogP contribution in [0.3, 0.4) is 0 Å². The average molecular weight is 343 g/mol. The summed E-state index contributed by atoms with van der Waals surface area (Å²) in [5, 5.41) is 0. The highest BCUT2D eigenvalue weighted by Gasteiger charge is 1.97. The Morgan fingerprint density at radius 2 is 0.583 bits per heavy atom. The van der Waals surface area contributed by atoms with Crippen LogP contribution in [0.5, 0.6) is 0 Å². The molecule has 24 heavy (non-hydrogen) atoms. The molecule has 0 aliphatic heterocycles. The van der Waals surface area contributed by atoms with Gasteiger partial charge in [-0.25, -0.2) is 0 Å². The maximum absolute atomic E-state index is 2.29. The highest BCUT2D eigenvalue weighted by molar-refractivity contribution is 4.49. The summed E-state index contributed by atoms with van der Waals surface area (Å²) < 4.78 is 0. The Balaban J connectivity index is -0.000000278. The maximum atomic E-state index is 2.29. The molecular formula is C24H54. The van der Waals surface area contributed by atoms with Gasteiger partial charge >= 0.3 is 0 Å². The van der Waals surface area contributed by atoms with Gasteiger partial charge in [-0.15, -0.1) is 0 Å². The van der Waals surface area contributed by atoms with Crippen LogP contribution in [0.25, 0.3) is 0 Å². The molecule has 0 amide bonds. The van der Waals surface area contributed by atoms with E-state index in [9.17, 15) is 0 Å². The lowest BCUT2D eigenvalue weighted by Gasteiger charge is -2.05. The smallest absolute Gasteiger partial charge is 0.0469 e. The minimum Gasteiger partial charge on any atom is -0.0628 e. The summed E-state index contributed by atoms with van der Waals surface area (Å²) in [6.45, 7) is 27.3. The molecule has 0 aromatic rings. The summed E-state index contributed by atoms with van der Waals surface area (Å²) in [5.41, 5.74) is 0. The third-order valence-electron chi connectivity index (χ3n) is 3.83. The van der Waals surface area contributed by atoms with Gasteiger partial charge in [0.1, 0.15) is 0 Å². The minimum absolute atomic E-state index is 0.875. The zero-order valence-corrected chi connectivity index (χ0v) is 19.7. The minimum atomic E-state index is 0.875. The molecular weight excluding hydrogens is 288 g/mol. The van der Waals surface area contributed by atoms with Crippen LogP contribution in [-0.2, 0) is 0 Å². The molecule has 0 heterocycles. The second-order valence-electron chi connectivity index (χ2n) is 10.1. The van der Waals surface area contributed by atoms with E-state index in [-0.39, 0.29) is 0 Å². The van der Waals surface area contributed by atoms with Gasteiger partial charge in [-0.05, 0) is 41.9 Å². The van der Waals surface area contributed by atoms with Crippen molar-refractivity contribution in [1.82, 2.24) is 0 Å². The molecule has 0 atom stereocenters. The Hall–Kier alpha value is 0. The Labute approximate surface area is 157 Å². The van der Waals surface area contributed by atoms with Gasteiger partial charge in [0.2, 0.25) is 0 Å². The van der Waals surface area contributed by atoms with Gasteiger partial charge in [-0.1, -0.05) is 115 Å². The monoisotopic (exact) mass is 342 g/mol. The van der Waals surface area contributed by atoms with Crippen LogP contribution in [0.4, 0.5) is 0 Å². The Kier molecular flexibility index (Phi) is 23.2. The van der Waals surface area contributed by atoms with E-state index < -0.39 is 0 Å². The molecule has 0 aromatic heterocycles. The summed E-state index contributed by atoms with van der Waals surface area (Å²) in [4.78, 5) is 0. The van der Waals surface area contributed by atoms with E-state index in [1.54, 1.807) is 0 Å². The molecule has 0 fully saturated rings. The van der Waals surface area contributed by atoms with Crippen LogP contribution in [0.15, 0.2) is 0 Å². The fourth-order valence-electron chi connectivity index (χ4n) is 2.54. The van der Waals surface area contributed by atoms with E-state index in [0.717, 1.165) is 35.5 Å². The van der Waals surface area contributed by atoms with Crippen LogP contribution in [0.2, 0.25) is 0 Å². The Morgan fingerprint density at radius 1 is 0.333 bits per heavy atom. The van der Waals surface area contributed by atoms with Crippen LogP contribution < -0.4 is 0 Å². The zero-order chi connectivity index (χ0) is 19.7. The summed E-state index contributed by atoms with van der Waals surface area (Å²) in [6.07, 6.45) is 8.35. The molecule has 0 heteroatoms. The molecule has 0 radical (unpaired) electrons. The highest BCUT2D eigenvalue weighted by Crippen LogP contribution is 2.11. The predicted octanol–water partition coefficient (Wildman–Crippen LogP) is 9.24. The molecule has 0 N–H and O–H groups in total. The largest absolute Gasteiger partial charge is 0.0628 e. The first-order valence-electron chi connectivity index (χ1n) is 10.9. The molecule has 0 unspecified atom stereocenters. The number of hydrogen-bond acceptors (Lipinski definition) is 0. The van der Waals surface area contributed by atoms with Crippen molar-refractivity contribution in [3.63, 3.8) is 0 Å². The van der Waals surface area contributed by atoms with Crippen LogP contribution in [0.1, 0.15) is 122 Å². The van der Waals surface area contributed by atoms with Crippen LogP contribution in [-0.4, -0.2) is 0 Å². The van der Waals surface area contributed by atoms with Gasteiger partial charge in [-0.3, -0.25) is 0 Å². The second kappa shape index (κ2) is 19.3. The maximum Gasteiger partial charge on any atom is -0.0469 e. The lowest BCUT2D eigenvalue weighted by Crippen LogP contribution is -1.93. The summed E-state index contributed by atoms with van der Waals surface area (Å²) in [7, 11) is 0. The molecule has 0 bridgehead atoms. The van der Waals surface area contributed by atoms with Gasteiger partial charge in [-0.2, -0.15) is 0 Å². The van der Waals surface area contributed by atoms with Gasteiger partial charge < -0.3 is 0 Å². The summed E-state index contributed by atoms with van der Waals surface area (Å²) in [5.74, 6) is 5.31. The normalized spacial score (nSPS) is 11.2. The van der Waals surface area contributed by atoms with Crippen LogP contribution >= 0.6 is 0 Å². The molecule has 0 spiro atoms. The van der Waals surface area contributed by atoms with E-state index in [4.69, 9.17) is 0 Å². The van der Waals surface area contributed by atoms with Gasteiger partial charge in [0, 0.05) is 0 Å². The van der Waals surface area contributed by atoms with E-state index in [1.807, 2.05) is 0 Å². The first-order chi connectivity index (χ1) is 10.9. The quantitative estimate of drug-likeness (QED) is 0.391.